The van der Waals surface area contributed by atoms with Crippen LogP contribution in [0.5, 0.6) is 0 Å². The average molecular weight is 403 g/mol. The molecule has 4 aromatic rings. The third-order valence-electron chi connectivity index (χ3n) is 4.85. The van der Waals surface area contributed by atoms with Crippen molar-refractivity contribution >= 4 is 22.8 Å². The summed E-state index contributed by atoms with van der Waals surface area (Å²) in [5.41, 5.74) is 2.12. The van der Waals surface area contributed by atoms with E-state index < -0.39 is 11.2 Å². The second-order valence-electron chi connectivity index (χ2n) is 6.94. The van der Waals surface area contributed by atoms with E-state index in [1.165, 1.54) is 11.5 Å². The van der Waals surface area contributed by atoms with E-state index >= 15 is 0 Å². The number of carbonyl (C=O) groups is 1. The fraction of sp³-hybridized carbons (Fsp3) is 0.182. The number of nitrogens with one attached hydrogen (secondary N) is 2. The highest BCUT2D eigenvalue weighted by Crippen LogP contribution is 2.24. The predicted octanol–water partition coefficient (Wildman–Crippen LogP) is 2.58. The van der Waals surface area contributed by atoms with Crippen molar-refractivity contribution in [3.8, 4) is 11.4 Å². The van der Waals surface area contributed by atoms with E-state index in [9.17, 15) is 14.4 Å². The van der Waals surface area contributed by atoms with Crippen molar-refractivity contribution in [1.29, 1.82) is 0 Å². The molecule has 152 valence electrons. The lowest BCUT2D eigenvalue weighted by molar-refractivity contribution is -0.114. The first-order valence-electron chi connectivity index (χ1n) is 9.63. The van der Waals surface area contributed by atoms with Gasteiger partial charge >= 0.3 is 5.69 Å². The SMILES string of the molecule is CCn1c(-c2ccc(NC(C)=O)cc2)nc2c1c(=O)[nH]c(=O)n2Cc1ccccc1. The average Bonchev–Trinajstić information content (AvgIpc) is 3.12. The highest BCUT2D eigenvalue weighted by atomic mass is 16.2. The van der Waals surface area contributed by atoms with Crippen LogP contribution in [0, 0.1) is 0 Å². The number of imidazole rings is 1. The third-order valence-corrected chi connectivity index (χ3v) is 4.85. The summed E-state index contributed by atoms with van der Waals surface area (Å²) in [6, 6.07) is 16.7. The fourth-order valence-electron chi connectivity index (χ4n) is 3.52. The lowest BCUT2D eigenvalue weighted by Gasteiger charge is -2.08. The number of carbonyl (C=O) groups excluding carboxylic acids is 1. The summed E-state index contributed by atoms with van der Waals surface area (Å²) >= 11 is 0. The van der Waals surface area contributed by atoms with Gasteiger partial charge in [-0.05, 0) is 36.8 Å². The molecule has 0 radical (unpaired) electrons. The summed E-state index contributed by atoms with van der Waals surface area (Å²) in [5, 5.41) is 2.73. The van der Waals surface area contributed by atoms with Gasteiger partial charge in [-0.25, -0.2) is 9.78 Å². The van der Waals surface area contributed by atoms with Crippen LogP contribution in [0.3, 0.4) is 0 Å². The number of aromatic nitrogens is 4. The molecule has 0 aliphatic rings. The first-order chi connectivity index (χ1) is 14.5. The number of H-pyrrole nitrogens is 1. The maximum absolute atomic E-state index is 12.6. The van der Waals surface area contributed by atoms with E-state index in [1.54, 1.807) is 16.7 Å². The molecule has 2 heterocycles. The highest BCUT2D eigenvalue weighted by Gasteiger charge is 2.19. The van der Waals surface area contributed by atoms with Gasteiger partial charge in [0.05, 0.1) is 6.54 Å². The maximum Gasteiger partial charge on any atom is 0.330 e. The summed E-state index contributed by atoms with van der Waals surface area (Å²) < 4.78 is 3.27. The molecule has 4 rings (SSSR count). The summed E-state index contributed by atoms with van der Waals surface area (Å²) in [6.45, 7) is 4.17. The molecule has 0 unspecified atom stereocenters. The van der Waals surface area contributed by atoms with Crippen LogP contribution in [0.1, 0.15) is 19.4 Å². The minimum Gasteiger partial charge on any atom is -0.326 e. The molecule has 0 saturated carbocycles. The van der Waals surface area contributed by atoms with Gasteiger partial charge in [0, 0.05) is 24.7 Å². The molecule has 0 aliphatic carbocycles. The van der Waals surface area contributed by atoms with E-state index in [0.29, 0.717) is 35.8 Å². The Balaban J connectivity index is 1.89. The molecule has 2 N–H and O–H groups in total. The van der Waals surface area contributed by atoms with Crippen LogP contribution < -0.4 is 16.6 Å². The van der Waals surface area contributed by atoms with E-state index in [2.05, 4.69) is 15.3 Å². The van der Waals surface area contributed by atoms with Crippen molar-refractivity contribution in [2.45, 2.75) is 26.9 Å². The smallest absolute Gasteiger partial charge is 0.326 e. The molecule has 0 spiro atoms. The van der Waals surface area contributed by atoms with E-state index in [-0.39, 0.29) is 5.91 Å². The minimum absolute atomic E-state index is 0.153. The quantitative estimate of drug-likeness (QED) is 0.535. The summed E-state index contributed by atoms with van der Waals surface area (Å²) in [6.07, 6.45) is 0. The maximum atomic E-state index is 12.6. The number of anilines is 1. The van der Waals surface area contributed by atoms with Crippen LogP contribution in [0.2, 0.25) is 0 Å². The number of amides is 1. The lowest BCUT2D eigenvalue weighted by Crippen LogP contribution is -2.31. The summed E-state index contributed by atoms with van der Waals surface area (Å²) in [7, 11) is 0. The molecule has 8 nitrogen and oxygen atoms in total. The van der Waals surface area contributed by atoms with Gasteiger partial charge in [-0.2, -0.15) is 0 Å². The number of nitrogens with zero attached hydrogens (tertiary/aromatic N) is 3. The van der Waals surface area contributed by atoms with Gasteiger partial charge in [-0.15, -0.1) is 0 Å². The number of fused-ring (bicyclic) bond motifs is 1. The molecule has 2 aromatic heterocycles. The van der Waals surface area contributed by atoms with Crippen molar-refractivity contribution in [3.63, 3.8) is 0 Å². The van der Waals surface area contributed by atoms with Crippen molar-refractivity contribution < 1.29 is 4.79 Å². The number of hydrogen-bond acceptors (Lipinski definition) is 4. The van der Waals surface area contributed by atoms with E-state index in [1.807, 2.05) is 49.4 Å². The molecule has 0 fully saturated rings. The number of rotatable bonds is 5. The normalized spacial score (nSPS) is 11.0. The van der Waals surface area contributed by atoms with Crippen molar-refractivity contribution in [2.24, 2.45) is 0 Å². The standard InChI is InChI=1S/C22H21N5O3/c1-3-26-18-20(24-19(26)16-9-11-17(12-10-16)23-14(2)28)27(22(30)25-21(18)29)13-15-7-5-4-6-8-15/h4-12H,3,13H2,1-2H3,(H,23,28)(H,25,29,30). The Hall–Kier alpha value is -3.94. The number of hydrogen-bond donors (Lipinski definition) is 2. The third kappa shape index (κ3) is 3.55. The van der Waals surface area contributed by atoms with Gasteiger partial charge < -0.3 is 9.88 Å². The first kappa shape index (κ1) is 19.4. The van der Waals surface area contributed by atoms with Crippen LogP contribution in [0.25, 0.3) is 22.6 Å². The summed E-state index contributed by atoms with van der Waals surface area (Å²) in [5.74, 6) is 0.430. The zero-order chi connectivity index (χ0) is 21.3. The minimum atomic E-state index is -0.496. The number of aryl methyl sites for hydroxylation is 1. The van der Waals surface area contributed by atoms with Crippen LogP contribution in [0.15, 0.2) is 64.2 Å². The molecular weight excluding hydrogens is 382 g/mol. The second kappa shape index (κ2) is 7.82. The largest absolute Gasteiger partial charge is 0.330 e. The Morgan fingerprint density at radius 3 is 2.37 bits per heavy atom. The summed E-state index contributed by atoms with van der Waals surface area (Å²) in [4.78, 5) is 43.5. The number of benzene rings is 2. The van der Waals surface area contributed by atoms with Gasteiger partial charge in [-0.3, -0.25) is 19.1 Å². The van der Waals surface area contributed by atoms with Gasteiger partial charge in [0.2, 0.25) is 5.91 Å². The van der Waals surface area contributed by atoms with Gasteiger partial charge in [0.15, 0.2) is 11.2 Å². The first-order valence-corrected chi connectivity index (χ1v) is 9.63. The zero-order valence-corrected chi connectivity index (χ0v) is 16.7. The van der Waals surface area contributed by atoms with E-state index in [4.69, 9.17) is 0 Å². The van der Waals surface area contributed by atoms with Crippen LogP contribution in [-0.2, 0) is 17.9 Å². The predicted molar refractivity (Wildman–Crippen MR) is 116 cm³/mol. The van der Waals surface area contributed by atoms with Crippen LogP contribution in [-0.4, -0.2) is 25.0 Å². The highest BCUT2D eigenvalue weighted by molar-refractivity contribution is 5.89. The molecule has 8 heteroatoms. The van der Waals surface area contributed by atoms with E-state index in [0.717, 1.165) is 11.1 Å². The molecule has 2 aromatic carbocycles. The van der Waals surface area contributed by atoms with Gasteiger partial charge in [0.1, 0.15) is 5.82 Å². The molecule has 0 atom stereocenters. The molecule has 30 heavy (non-hydrogen) atoms. The topological polar surface area (TPSA) is 102 Å². The Morgan fingerprint density at radius 1 is 1.03 bits per heavy atom. The van der Waals surface area contributed by atoms with Crippen LogP contribution in [0.4, 0.5) is 5.69 Å². The van der Waals surface area contributed by atoms with Crippen molar-refractivity contribution in [2.75, 3.05) is 5.32 Å². The molecular formula is C22H21N5O3. The molecule has 0 aliphatic heterocycles. The molecule has 1 amide bonds. The Morgan fingerprint density at radius 2 is 1.73 bits per heavy atom. The van der Waals surface area contributed by atoms with Crippen molar-refractivity contribution in [3.05, 3.63) is 81.0 Å². The fourth-order valence-corrected chi connectivity index (χ4v) is 3.52. The van der Waals surface area contributed by atoms with Gasteiger partial charge in [0.25, 0.3) is 5.56 Å². The molecule has 0 saturated heterocycles. The Bertz CT molecular complexity index is 1330. The second-order valence-corrected chi connectivity index (χ2v) is 6.94. The Kier molecular flexibility index (Phi) is 5.05. The molecule has 0 bridgehead atoms. The zero-order valence-electron chi connectivity index (χ0n) is 16.7. The number of aromatic amines is 1. The lowest BCUT2D eigenvalue weighted by atomic mass is 10.2. The van der Waals surface area contributed by atoms with Gasteiger partial charge in [-0.1, -0.05) is 30.3 Å². The monoisotopic (exact) mass is 403 g/mol. The van der Waals surface area contributed by atoms with Crippen molar-refractivity contribution in [1.82, 2.24) is 19.1 Å². The Labute approximate surface area is 171 Å². The van der Waals surface area contributed by atoms with Crippen LogP contribution >= 0.6 is 0 Å².